The first-order valence-electron chi connectivity index (χ1n) is 7.79. The van der Waals surface area contributed by atoms with Crippen molar-refractivity contribution in [3.8, 4) is 0 Å². The average molecular weight is 276 g/mol. The maximum absolute atomic E-state index is 5.44. The molecule has 1 aromatic carbocycles. The van der Waals surface area contributed by atoms with Crippen LogP contribution in [0.1, 0.15) is 38.3 Å². The van der Waals surface area contributed by atoms with Gasteiger partial charge in [0, 0.05) is 38.3 Å². The molecule has 0 aromatic heterocycles. The Labute approximate surface area is 123 Å². The summed E-state index contributed by atoms with van der Waals surface area (Å²) in [4.78, 5) is 2.63. The lowest BCUT2D eigenvalue weighted by Crippen LogP contribution is -2.56. The first-order chi connectivity index (χ1) is 9.76. The molecule has 3 heteroatoms. The van der Waals surface area contributed by atoms with Gasteiger partial charge in [-0.2, -0.15) is 0 Å². The molecule has 0 saturated carbocycles. The maximum Gasteiger partial charge on any atom is 0.0618 e. The Morgan fingerprint density at radius 3 is 2.75 bits per heavy atom. The molecule has 0 aliphatic carbocycles. The number of rotatable bonds is 6. The zero-order chi connectivity index (χ0) is 14.4. The summed E-state index contributed by atoms with van der Waals surface area (Å²) in [5.74, 6) is 0. The lowest BCUT2D eigenvalue weighted by molar-refractivity contribution is 0.0345. The van der Waals surface area contributed by atoms with Crippen LogP contribution in [0, 0.1) is 0 Å². The van der Waals surface area contributed by atoms with Crippen LogP contribution in [0.2, 0.25) is 0 Å². The van der Waals surface area contributed by atoms with E-state index in [0.717, 1.165) is 19.7 Å². The van der Waals surface area contributed by atoms with E-state index >= 15 is 0 Å². The van der Waals surface area contributed by atoms with Crippen LogP contribution in [0.3, 0.4) is 0 Å². The highest BCUT2D eigenvalue weighted by atomic mass is 16.5. The summed E-state index contributed by atoms with van der Waals surface area (Å²) >= 11 is 0. The molecule has 0 spiro atoms. The van der Waals surface area contributed by atoms with Crippen molar-refractivity contribution in [2.45, 2.75) is 44.8 Å². The van der Waals surface area contributed by atoms with Crippen molar-refractivity contribution in [3.05, 3.63) is 35.9 Å². The van der Waals surface area contributed by atoms with Crippen molar-refractivity contribution >= 4 is 0 Å². The molecule has 0 amide bonds. The molecule has 1 aliphatic rings. The Bertz CT molecular complexity index is 376. The molecule has 1 heterocycles. The summed E-state index contributed by atoms with van der Waals surface area (Å²) in [5, 5.41) is 3.67. The van der Waals surface area contributed by atoms with Gasteiger partial charge < -0.3 is 10.1 Å². The minimum absolute atomic E-state index is 0.434. The van der Waals surface area contributed by atoms with Crippen LogP contribution in [-0.4, -0.2) is 43.8 Å². The molecule has 1 fully saturated rings. The van der Waals surface area contributed by atoms with Crippen molar-refractivity contribution in [3.63, 3.8) is 0 Å². The lowest BCUT2D eigenvalue weighted by atomic mass is 9.99. The fourth-order valence-electron chi connectivity index (χ4n) is 3.17. The number of hydrogen-bond donors (Lipinski definition) is 1. The number of hydrogen-bond acceptors (Lipinski definition) is 3. The van der Waals surface area contributed by atoms with Gasteiger partial charge >= 0.3 is 0 Å². The summed E-state index contributed by atoms with van der Waals surface area (Å²) < 4.78 is 5.44. The van der Waals surface area contributed by atoms with Crippen LogP contribution in [0.4, 0.5) is 0 Å². The highest BCUT2D eigenvalue weighted by Crippen LogP contribution is 2.23. The molecule has 0 radical (unpaired) electrons. The van der Waals surface area contributed by atoms with Gasteiger partial charge in [-0.15, -0.1) is 0 Å². The van der Waals surface area contributed by atoms with Gasteiger partial charge in [-0.1, -0.05) is 43.7 Å². The number of benzene rings is 1. The Kier molecular flexibility index (Phi) is 6.02. The summed E-state index contributed by atoms with van der Waals surface area (Å²) in [7, 11) is 1.81. The molecule has 3 atom stereocenters. The molecule has 3 unspecified atom stereocenters. The minimum atomic E-state index is 0.434. The van der Waals surface area contributed by atoms with E-state index in [1.165, 1.54) is 18.4 Å². The van der Waals surface area contributed by atoms with E-state index in [-0.39, 0.29) is 0 Å². The predicted octanol–water partition coefficient (Wildman–Crippen LogP) is 2.84. The largest absolute Gasteiger partial charge is 0.383 e. The van der Waals surface area contributed by atoms with Gasteiger partial charge in [0.2, 0.25) is 0 Å². The van der Waals surface area contributed by atoms with Gasteiger partial charge in [0.05, 0.1) is 6.61 Å². The molecule has 20 heavy (non-hydrogen) atoms. The van der Waals surface area contributed by atoms with E-state index in [1.54, 1.807) is 0 Å². The molecule has 1 saturated heterocycles. The standard InChI is InChI=1S/C17H28N2O/c1-4-8-16(13-20-3)19-12-17(18-11-14(19)2)15-9-6-5-7-10-15/h5-7,9-10,14,16-18H,4,8,11-13H2,1-3H3. The second-order valence-corrected chi connectivity index (χ2v) is 5.82. The van der Waals surface area contributed by atoms with Gasteiger partial charge in [-0.05, 0) is 18.9 Å². The molecule has 1 N–H and O–H groups in total. The van der Waals surface area contributed by atoms with Crippen molar-refractivity contribution in [2.75, 3.05) is 26.8 Å². The first kappa shape index (κ1) is 15.5. The number of nitrogens with zero attached hydrogens (tertiary/aromatic N) is 1. The molecular formula is C17H28N2O. The quantitative estimate of drug-likeness (QED) is 0.864. The third-order valence-corrected chi connectivity index (χ3v) is 4.27. The minimum Gasteiger partial charge on any atom is -0.383 e. The van der Waals surface area contributed by atoms with Crippen molar-refractivity contribution in [1.29, 1.82) is 0 Å². The Morgan fingerprint density at radius 2 is 2.10 bits per heavy atom. The van der Waals surface area contributed by atoms with Gasteiger partial charge in [0.25, 0.3) is 0 Å². The van der Waals surface area contributed by atoms with E-state index in [0.29, 0.717) is 18.1 Å². The topological polar surface area (TPSA) is 24.5 Å². The number of piperazine rings is 1. The molecule has 112 valence electrons. The first-order valence-corrected chi connectivity index (χ1v) is 7.79. The summed E-state index contributed by atoms with van der Waals surface area (Å²) in [6.45, 7) is 7.51. The summed E-state index contributed by atoms with van der Waals surface area (Å²) in [6, 6.07) is 12.3. The molecule has 0 bridgehead atoms. The van der Waals surface area contributed by atoms with Crippen LogP contribution in [0.25, 0.3) is 0 Å². The average Bonchev–Trinajstić information content (AvgIpc) is 2.48. The lowest BCUT2D eigenvalue weighted by Gasteiger charge is -2.43. The monoisotopic (exact) mass is 276 g/mol. The zero-order valence-electron chi connectivity index (χ0n) is 13.0. The fourth-order valence-corrected chi connectivity index (χ4v) is 3.17. The fraction of sp³-hybridized carbons (Fsp3) is 0.647. The van der Waals surface area contributed by atoms with Crippen LogP contribution < -0.4 is 5.32 Å². The maximum atomic E-state index is 5.44. The third kappa shape index (κ3) is 3.81. The number of methoxy groups -OCH3 is 1. The number of nitrogens with one attached hydrogen (secondary N) is 1. The van der Waals surface area contributed by atoms with Crippen molar-refractivity contribution in [1.82, 2.24) is 10.2 Å². The van der Waals surface area contributed by atoms with Gasteiger partial charge in [0.1, 0.15) is 0 Å². The Balaban J connectivity index is 2.07. The van der Waals surface area contributed by atoms with Crippen molar-refractivity contribution < 1.29 is 4.74 Å². The second-order valence-electron chi connectivity index (χ2n) is 5.82. The second kappa shape index (κ2) is 7.77. The zero-order valence-corrected chi connectivity index (χ0v) is 13.0. The van der Waals surface area contributed by atoms with Crippen LogP contribution >= 0.6 is 0 Å². The summed E-state index contributed by atoms with van der Waals surface area (Å²) in [6.07, 6.45) is 2.42. The van der Waals surface area contributed by atoms with E-state index < -0.39 is 0 Å². The summed E-state index contributed by atoms with van der Waals surface area (Å²) in [5.41, 5.74) is 1.39. The highest BCUT2D eigenvalue weighted by molar-refractivity contribution is 5.20. The predicted molar refractivity (Wildman–Crippen MR) is 83.9 cm³/mol. The van der Waals surface area contributed by atoms with Gasteiger partial charge in [0.15, 0.2) is 0 Å². The SMILES string of the molecule is CCCC(COC)N1CC(c2ccccc2)NCC1C. The van der Waals surface area contributed by atoms with E-state index in [2.05, 4.69) is 54.4 Å². The molecule has 2 rings (SSSR count). The van der Waals surface area contributed by atoms with Crippen LogP contribution in [-0.2, 0) is 4.74 Å². The molecule has 1 aliphatic heterocycles. The molecule has 3 nitrogen and oxygen atoms in total. The Hall–Kier alpha value is -0.900. The van der Waals surface area contributed by atoms with E-state index in [1.807, 2.05) is 7.11 Å². The highest BCUT2D eigenvalue weighted by Gasteiger charge is 2.30. The van der Waals surface area contributed by atoms with Crippen LogP contribution in [0.15, 0.2) is 30.3 Å². The van der Waals surface area contributed by atoms with Crippen LogP contribution in [0.5, 0.6) is 0 Å². The molecular weight excluding hydrogens is 248 g/mol. The Morgan fingerprint density at radius 1 is 1.35 bits per heavy atom. The molecule has 1 aromatic rings. The smallest absolute Gasteiger partial charge is 0.0618 e. The van der Waals surface area contributed by atoms with Gasteiger partial charge in [-0.25, -0.2) is 0 Å². The van der Waals surface area contributed by atoms with E-state index in [9.17, 15) is 0 Å². The van der Waals surface area contributed by atoms with Gasteiger partial charge in [-0.3, -0.25) is 4.90 Å². The normalized spacial score (nSPS) is 25.6. The van der Waals surface area contributed by atoms with E-state index in [4.69, 9.17) is 4.74 Å². The van der Waals surface area contributed by atoms with Crippen molar-refractivity contribution in [2.24, 2.45) is 0 Å². The number of ether oxygens (including phenoxy) is 1. The third-order valence-electron chi connectivity index (χ3n) is 4.27.